The van der Waals surface area contributed by atoms with Crippen molar-refractivity contribution in [3.8, 4) is 0 Å². The van der Waals surface area contributed by atoms with Crippen LogP contribution in [-0.2, 0) is 0 Å². The number of oxazole rings is 1. The molecule has 0 amide bonds. The summed E-state index contributed by atoms with van der Waals surface area (Å²) in [6.07, 6.45) is 0. The van der Waals surface area contributed by atoms with E-state index in [0.717, 1.165) is 22.5 Å². The van der Waals surface area contributed by atoms with Gasteiger partial charge in [-0.05, 0) is 13.8 Å². The number of hydrogen-bond donors (Lipinski definition) is 0. The molecule has 0 fully saturated rings. The molecule has 0 aromatic carbocycles. The van der Waals surface area contributed by atoms with Gasteiger partial charge in [-0.1, -0.05) is 0 Å². The van der Waals surface area contributed by atoms with Crippen molar-refractivity contribution in [3.05, 3.63) is 23.3 Å². The van der Waals surface area contributed by atoms with Gasteiger partial charge in [0.15, 0.2) is 11.5 Å². The maximum atomic E-state index is 5.38. The zero-order chi connectivity index (χ0) is 8.72. The summed E-state index contributed by atoms with van der Waals surface area (Å²) in [4.78, 5) is 8.52. The van der Waals surface area contributed by atoms with E-state index in [1.54, 1.807) is 0 Å². The van der Waals surface area contributed by atoms with Crippen LogP contribution in [0.3, 0.4) is 0 Å². The predicted molar refractivity (Wildman–Crippen MR) is 46.0 cm³/mol. The van der Waals surface area contributed by atoms with Crippen LogP contribution in [-0.4, -0.2) is 9.97 Å². The monoisotopic (exact) mass is 162 g/mol. The highest BCUT2D eigenvalue weighted by molar-refractivity contribution is 5.75. The van der Waals surface area contributed by atoms with E-state index in [9.17, 15) is 0 Å². The van der Waals surface area contributed by atoms with E-state index in [4.69, 9.17) is 4.42 Å². The number of hydrogen-bond acceptors (Lipinski definition) is 3. The summed E-state index contributed by atoms with van der Waals surface area (Å²) in [5.74, 6) is 0.695. The van der Waals surface area contributed by atoms with Gasteiger partial charge in [-0.3, -0.25) is 4.98 Å². The van der Waals surface area contributed by atoms with Gasteiger partial charge in [0.1, 0.15) is 5.52 Å². The Balaban J connectivity index is 2.88. The lowest BCUT2D eigenvalue weighted by molar-refractivity contribution is 0.560. The molecule has 0 N–H and O–H groups in total. The topological polar surface area (TPSA) is 38.9 Å². The standard InChI is InChI=1S/C9H10N2O/c1-5-4-8-9(6(2)10-5)11-7(3)12-8/h4H,1-3H3. The number of pyridine rings is 1. The molecule has 3 nitrogen and oxygen atoms in total. The average Bonchev–Trinajstić information content (AvgIpc) is 2.29. The fourth-order valence-electron chi connectivity index (χ4n) is 1.34. The molecule has 0 aliphatic heterocycles. The summed E-state index contributed by atoms with van der Waals surface area (Å²) in [5, 5.41) is 0. The second-order valence-electron chi connectivity index (χ2n) is 2.93. The van der Waals surface area contributed by atoms with Crippen molar-refractivity contribution in [1.82, 2.24) is 9.97 Å². The lowest BCUT2D eigenvalue weighted by atomic mass is 10.3. The molecule has 0 radical (unpaired) electrons. The van der Waals surface area contributed by atoms with E-state index >= 15 is 0 Å². The first-order valence-corrected chi connectivity index (χ1v) is 3.88. The van der Waals surface area contributed by atoms with Crippen LogP contribution in [0.2, 0.25) is 0 Å². The summed E-state index contributed by atoms with van der Waals surface area (Å²) in [6, 6.07) is 1.91. The first-order chi connectivity index (χ1) is 5.66. The van der Waals surface area contributed by atoms with Crippen molar-refractivity contribution in [2.75, 3.05) is 0 Å². The minimum Gasteiger partial charge on any atom is -0.441 e. The van der Waals surface area contributed by atoms with Crippen molar-refractivity contribution in [2.45, 2.75) is 20.8 Å². The number of rotatable bonds is 0. The molecule has 0 aliphatic carbocycles. The van der Waals surface area contributed by atoms with Gasteiger partial charge in [0.25, 0.3) is 0 Å². The Morgan fingerprint density at radius 2 is 1.92 bits per heavy atom. The molecule has 3 heteroatoms. The molecule has 0 spiro atoms. The zero-order valence-corrected chi connectivity index (χ0v) is 7.38. The van der Waals surface area contributed by atoms with Gasteiger partial charge in [-0.25, -0.2) is 4.98 Å². The van der Waals surface area contributed by atoms with Gasteiger partial charge >= 0.3 is 0 Å². The Hall–Kier alpha value is -1.38. The lowest BCUT2D eigenvalue weighted by Crippen LogP contribution is -1.86. The SMILES string of the molecule is Cc1cc2oc(C)nc2c(C)n1. The number of nitrogens with zero attached hydrogens (tertiary/aromatic N) is 2. The predicted octanol–water partition coefficient (Wildman–Crippen LogP) is 2.15. The summed E-state index contributed by atoms with van der Waals surface area (Å²) in [6.45, 7) is 5.73. The molecule has 0 saturated heterocycles. The van der Waals surface area contributed by atoms with E-state index in [1.165, 1.54) is 0 Å². The van der Waals surface area contributed by atoms with E-state index in [2.05, 4.69) is 9.97 Å². The molecule has 2 aromatic heterocycles. The lowest BCUT2D eigenvalue weighted by Gasteiger charge is -1.93. The number of aryl methyl sites for hydroxylation is 3. The van der Waals surface area contributed by atoms with Crippen LogP contribution >= 0.6 is 0 Å². The van der Waals surface area contributed by atoms with E-state index in [-0.39, 0.29) is 0 Å². The fraction of sp³-hybridized carbons (Fsp3) is 0.333. The molecule has 0 saturated carbocycles. The highest BCUT2D eigenvalue weighted by Gasteiger charge is 2.05. The Bertz CT molecular complexity index is 431. The molecule has 0 unspecified atom stereocenters. The van der Waals surface area contributed by atoms with E-state index < -0.39 is 0 Å². The summed E-state index contributed by atoms with van der Waals surface area (Å²) < 4.78 is 5.38. The van der Waals surface area contributed by atoms with Crippen molar-refractivity contribution in [1.29, 1.82) is 0 Å². The second-order valence-corrected chi connectivity index (χ2v) is 2.93. The highest BCUT2D eigenvalue weighted by atomic mass is 16.3. The first-order valence-electron chi connectivity index (χ1n) is 3.88. The minimum atomic E-state index is 0.695. The van der Waals surface area contributed by atoms with Crippen LogP contribution in [0.4, 0.5) is 0 Å². The summed E-state index contributed by atoms with van der Waals surface area (Å²) >= 11 is 0. The Morgan fingerprint density at radius 1 is 1.17 bits per heavy atom. The largest absolute Gasteiger partial charge is 0.441 e. The quantitative estimate of drug-likeness (QED) is 0.595. The zero-order valence-electron chi connectivity index (χ0n) is 7.38. The maximum absolute atomic E-state index is 5.38. The van der Waals surface area contributed by atoms with E-state index in [0.29, 0.717) is 5.89 Å². The van der Waals surface area contributed by atoms with Gasteiger partial charge in [0, 0.05) is 18.7 Å². The first kappa shape index (κ1) is 7.28. The van der Waals surface area contributed by atoms with Crippen molar-refractivity contribution in [2.24, 2.45) is 0 Å². The Morgan fingerprint density at radius 3 is 2.67 bits per heavy atom. The summed E-state index contributed by atoms with van der Waals surface area (Å²) in [7, 11) is 0. The van der Waals surface area contributed by atoms with Crippen molar-refractivity contribution >= 4 is 11.1 Å². The number of aromatic nitrogens is 2. The van der Waals surface area contributed by atoms with Gasteiger partial charge < -0.3 is 4.42 Å². The normalized spacial score (nSPS) is 10.9. The van der Waals surface area contributed by atoms with Crippen molar-refractivity contribution < 1.29 is 4.42 Å². The van der Waals surface area contributed by atoms with Crippen LogP contribution in [0.5, 0.6) is 0 Å². The Labute approximate surface area is 70.4 Å². The van der Waals surface area contributed by atoms with E-state index in [1.807, 2.05) is 26.8 Å². The highest BCUT2D eigenvalue weighted by Crippen LogP contribution is 2.17. The second kappa shape index (κ2) is 2.30. The van der Waals surface area contributed by atoms with Gasteiger partial charge in [-0.2, -0.15) is 0 Å². The van der Waals surface area contributed by atoms with Crippen molar-refractivity contribution in [3.63, 3.8) is 0 Å². The van der Waals surface area contributed by atoms with Gasteiger partial charge in [0.05, 0.1) is 5.69 Å². The Kier molecular flexibility index (Phi) is 1.40. The molecule has 12 heavy (non-hydrogen) atoms. The third-order valence-corrected chi connectivity index (χ3v) is 1.79. The summed E-state index contributed by atoms with van der Waals surface area (Å²) in [5.41, 5.74) is 3.61. The molecule has 2 heterocycles. The third kappa shape index (κ3) is 0.978. The van der Waals surface area contributed by atoms with Crippen LogP contribution in [0.1, 0.15) is 17.3 Å². The van der Waals surface area contributed by atoms with Crippen LogP contribution in [0.15, 0.2) is 10.5 Å². The third-order valence-electron chi connectivity index (χ3n) is 1.79. The average molecular weight is 162 g/mol. The molecule has 0 atom stereocenters. The molecular weight excluding hydrogens is 152 g/mol. The van der Waals surface area contributed by atoms with Crippen LogP contribution < -0.4 is 0 Å². The molecule has 62 valence electrons. The fourth-order valence-corrected chi connectivity index (χ4v) is 1.34. The molecular formula is C9H10N2O. The number of fused-ring (bicyclic) bond motifs is 1. The van der Waals surface area contributed by atoms with Gasteiger partial charge in [0.2, 0.25) is 0 Å². The van der Waals surface area contributed by atoms with Crippen LogP contribution in [0.25, 0.3) is 11.1 Å². The minimum absolute atomic E-state index is 0.695. The van der Waals surface area contributed by atoms with Crippen LogP contribution in [0, 0.1) is 20.8 Å². The maximum Gasteiger partial charge on any atom is 0.192 e. The smallest absolute Gasteiger partial charge is 0.192 e. The molecule has 2 aromatic rings. The molecule has 2 rings (SSSR count). The molecule has 0 aliphatic rings. The molecule has 0 bridgehead atoms. The van der Waals surface area contributed by atoms with Gasteiger partial charge in [-0.15, -0.1) is 0 Å².